The Morgan fingerprint density at radius 2 is 1.90 bits per heavy atom. The smallest absolute Gasteiger partial charge is 0.123 e. The Morgan fingerprint density at radius 3 is 2.52 bits per heavy atom. The van der Waals surface area contributed by atoms with Gasteiger partial charge in [-0.25, -0.2) is 4.39 Å². The highest BCUT2D eigenvalue weighted by molar-refractivity contribution is 9.10. The number of likely N-dealkylation sites (N-methyl/N-ethyl adjacent to an activating group) is 1. The minimum atomic E-state index is -0.230. The van der Waals surface area contributed by atoms with E-state index in [0.717, 1.165) is 15.6 Å². The molecule has 1 atom stereocenters. The van der Waals surface area contributed by atoms with Crippen LogP contribution >= 0.6 is 27.5 Å². The van der Waals surface area contributed by atoms with Crippen LogP contribution in [0.1, 0.15) is 17.2 Å². The number of nitrogens with two attached hydrogens (primary N) is 1. The summed E-state index contributed by atoms with van der Waals surface area (Å²) >= 11 is 9.74. The molecule has 0 aliphatic heterocycles. The van der Waals surface area contributed by atoms with Gasteiger partial charge in [-0.2, -0.15) is 0 Å². The Hall–Kier alpha value is -0.940. The summed E-state index contributed by atoms with van der Waals surface area (Å²) < 4.78 is 13.9. The van der Waals surface area contributed by atoms with Crippen LogP contribution in [0.2, 0.25) is 5.02 Å². The maximum atomic E-state index is 13.0. The van der Waals surface area contributed by atoms with Crippen LogP contribution in [0.25, 0.3) is 0 Å². The summed E-state index contributed by atoms with van der Waals surface area (Å²) in [6.07, 6.45) is 0. The second kappa shape index (κ2) is 7.36. The molecule has 0 fully saturated rings. The molecule has 0 aliphatic rings. The molecular formula is C16H17BrClFN2. The molecule has 0 heterocycles. The fraction of sp³-hybridized carbons (Fsp3) is 0.250. The predicted octanol–water partition coefficient (Wildman–Crippen LogP) is 4.37. The normalized spacial score (nSPS) is 12.7. The first-order valence-electron chi connectivity index (χ1n) is 6.61. The molecule has 2 rings (SSSR count). The van der Waals surface area contributed by atoms with Gasteiger partial charge in [0.05, 0.1) is 0 Å². The van der Waals surface area contributed by atoms with E-state index in [1.54, 1.807) is 12.1 Å². The largest absolute Gasteiger partial charge is 0.329 e. The third kappa shape index (κ3) is 4.27. The first-order valence-corrected chi connectivity index (χ1v) is 7.78. The first kappa shape index (κ1) is 16.4. The summed E-state index contributed by atoms with van der Waals surface area (Å²) in [6, 6.07) is 12.2. The average Bonchev–Trinajstić information content (AvgIpc) is 2.46. The molecule has 0 amide bonds. The molecule has 2 aromatic rings. The molecule has 2 aromatic carbocycles. The van der Waals surface area contributed by atoms with Gasteiger partial charge >= 0.3 is 0 Å². The van der Waals surface area contributed by atoms with Gasteiger partial charge in [0.15, 0.2) is 0 Å². The Balaban J connectivity index is 2.20. The minimum absolute atomic E-state index is 0.0000491. The Bertz CT molecular complexity index is 604. The summed E-state index contributed by atoms with van der Waals surface area (Å²) in [6.45, 7) is 1.12. The van der Waals surface area contributed by atoms with E-state index in [1.807, 2.05) is 25.2 Å². The zero-order chi connectivity index (χ0) is 15.4. The third-order valence-electron chi connectivity index (χ3n) is 3.42. The maximum Gasteiger partial charge on any atom is 0.123 e. The number of hydrogen-bond donors (Lipinski definition) is 1. The van der Waals surface area contributed by atoms with Gasteiger partial charge in [0, 0.05) is 28.6 Å². The zero-order valence-electron chi connectivity index (χ0n) is 11.7. The fourth-order valence-electron chi connectivity index (χ4n) is 2.30. The second-order valence-corrected chi connectivity index (χ2v) is 6.28. The van der Waals surface area contributed by atoms with Crippen molar-refractivity contribution in [1.29, 1.82) is 0 Å². The summed E-state index contributed by atoms with van der Waals surface area (Å²) in [7, 11) is 1.98. The highest BCUT2D eigenvalue weighted by Gasteiger charge is 2.18. The van der Waals surface area contributed by atoms with Crippen LogP contribution in [-0.4, -0.2) is 18.5 Å². The molecule has 0 saturated heterocycles. The molecule has 112 valence electrons. The van der Waals surface area contributed by atoms with Crippen LogP contribution < -0.4 is 5.73 Å². The molecule has 21 heavy (non-hydrogen) atoms. The van der Waals surface area contributed by atoms with Crippen molar-refractivity contribution in [2.75, 3.05) is 13.6 Å². The maximum absolute atomic E-state index is 13.0. The predicted molar refractivity (Wildman–Crippen MR) is 88.8 cm³/mol. The quantitative estimate of drug-likeness (QED) is 0.845. The summed E-state index contributed by atoms with van der Waals surface area (Å²) in [5.41, 5.74) is 7.94. The van der Waals surface area contributed by atoms with Gasteiger partial charge in [-0.15, -0.1) is 0 Å². The summed E-state index contributed by atoms with van der Waals surface area (Å²) in [5, 5.41) is 0.694. The van der Waals surface area contributed by atoms with E-state index in [-0.39, 0.29) is 11.9 Å². The van der Waals surface area contributed by atoms with Crippen molar-refractivity contribution in [3.63, 3.8) is 0 Å². The highest BCUT2D eigenvalue weighted by Crippen LogP contribution is 2.29. The summed E-state index contributed by atoms with van der Waals surface area (Å²) in [4.78, 5) is 2.11. The van der Waals surface area contributed by atoms with Gasteiger partial charge in [0.25, 0.3) is 0 Å². The lowest BCUT2D eigenvalue weighted by molar-refractivity contribution is 0.242. The fourth-order valence-corrected chi connectivity index (χ4v) is 2.92. The van der Waals surface area contributed by atoms with E-state index in [2.05, 4.69) is 20.8 Å². The van der Waals surface area contributed by atoms with Crippen molar-refractivity contribution in [3.05, 3.63) is 68.9 Å². The molecule has 2 nitrogen and oxygen atoms in total. The van der Waals surface area contributed by atoms with Crippen molar-refractivity contribution < 1.29 is 4.39 Å². The number of halogens is 3. The average molecular weight is 372 g/mol. The standard InChI is InChI=1S/C16H17BrClFN2/c1-21(10-11-2-5-13(19)6-3-11)16(9-20)14-8-12(17)4-7-15(14)18/h2-8,16H,9-10,20H2,1H3. The van der Waals surface area contributed by atoms with Gasteiger partial charge in [0.1, 0.15) is 5.82 Å². The Labute approximate surface area is 137 Å². The van der Waals surface area contributed by atoms with Crippen molar-refractivity contribution in [3.8, 4) is 0 Å². The van der Waals surface area contributed by atoms with Crippen molar-refractivity contribution in [2.24, 2.45) is 5.73 Å². The minimum Gasteiger partial charge on any atom is -0.329 e. The van der Waals surface area contributed by atoms with E-state index in [4.69, 9.17) is 17.3 Å². The Kier molecular flexibility index (Phi) is 5.76. The van der Waals surface area contributed by atoms with Gasteiger partial charge in [-0.1, -0.05) is 39.7 Å². The SMILES string of the molecule is CN(Cc1ccc(F)cc1)C(CN)c1cc(Br)ccc1Cl. The molecule has 0 bridgehead atoms. The zero-order valence-corrected chi connectivity index (χ0v) is 14.0. The van der Waals surface area contributed by atoms with E-state index >= 15 is 0 Å². The molecule has 0 aliphatic carbocycles. The molecule has 0 aromatic heterocycles. The first-order chi connectivity index (χ1) is 10.0. The molecular weight excluding hydrogens is 355 g/mol. The molecule has 0 radical (unpaired) electrons. The van der Waals surface area contributed by atoms with Gasteiger partial charge in [0.2, 0.25) is 0 Å². The molecule has 0 spiro atoms. The highest BCUT2D eigenvalue weighted by atomic mass is 79.9. The van der Waals surface area contributed by atoms with Crippen LogP contribution in [0.5, 0.6) is 0 Å². The van der Waals surface area contributed by atoms with E-state index in [1.165, 1.54) is 12.1 Å². The van der Waals surface area contributed by atoms with Crippen molar-refractivity contribution in [1.82, 2.24) is 4.90 Å². The van der Waals surface area contributed by atoms with Gasteiger partial charge in [-0.3, -0.25) is 4.90 Å². The van der Waals surface area contributed by atoms with Crippen LogP contribution in [0.3, 0.4) is 0 Å². The number of benzene rings is 2. The Morgan fingerprint density at radius 1 is 1.24 bits per heavy atom. The molecule has 1 unspecified atom stereocenters. The number of rotatable bonds is 5. The van der Waals surface area contributed by atoms with Gasteiger partial charge in [-0.05, 0) is 48.5 Å². The van der Waals surface area contributed by atoms with E-state index in [0.29, 0.717) is 18.1 Å². The number of nitrogens with zero attached hydrogens (tertiary/aromatic N) is 1. The van der Waals surface area contributed by atoms with Crippen LogP contribution in [0, 0.1) is 5.82 Å². The topological polar surface area (TPSA) is 29.3 Å². The van der Waals surface area contributed by atoms with Crippen LogP contribution in [-0.2, 0) is 6.54 Å². The second-order valence-electron chi connectivity index (χ2n) is 4.96. The molecule has 2 N–H and O–H groups in total. The van der Waals surface area contributed by atoms with Gasteiger partial charge < -0.3 is 5.73 Å². The molecule has 5 heteroatoms. The van der Waals surface area contributed by atoms with E-state index < -0.39 is 0 Å². The lowest BCUT2D eigenvalue weighted by Crippen LogP contribution is -2.30. The van der Waals surface area contributed by atoms with Crippen molar-refractivity contribution >= 4 is 27.5 Å². The monoisotopic (exact) mass is 370 g/mol. The summed E-state index contributed by atoms with van der Waals surface area (Å²) in [5.74, 6) is -0.230. The van der Waals surface area contributed by atoms with E-state index in [9.17, 15) is 4.39 Å². The lowest BCUT2D eigenvalue weighted by Gasteiger charge is -2.28. The molecule has 0 saturated carbocycles. The van der Waals surface area contributed by atoms with Crippen molar-refractivity contribution in [2.45, 2.75) is 12.6 Å². The van der Waals surface area contributed by atoms with Crippen LogP contribution in [0.15, 0.2) is 46.9 Å². The number of hydrogen-bond acceptors (Lipinski definition) is 2. The lowest BCUT2D eigenvalue weighted by atomic mass is 10.0. The third-order valence-corrected chi connectivity index (χ3v) is 4.26. The van der Waals surface area contributed by atoms with Crippen LogP contribution in [0.4, 0.5) is 4.39 Å².